The van der Waals surface area contributed by atoms with Gasteiger partial charge in [-0.3, -0.25) is 4.99 Å². The predicted molar refractivity (Wildman–Crippen MR) is 99.1 cm³/mol. The van der Waals surface area contributed by atoms with Crippen LogP contribution in [0.5, 0.6) is 5.75 Å². The molecular formula is C17H23N5OS. The zero-order valence-electron chi connectivity index (χ0n) is 14.1. The van der Waals surface area contributed by atoms with Crippen LogP contribution in [-0.4, -0.2) is 56.2 Å². The molecule has 0 unspecified atom stereocenters. The summed E-state index contributed by atoms with van der Waals surface area (Å²) in [5.41, 5.74) is 1.16. The average molecular weight is 345 g/mol. The number of guanidine groups is 1. The largest absolute Gasteiger partial charge is 0.495 e. The van der Waals surface area contributed by atoms with E-state index in [9.17, 15) is 0 Å². The van der Waals surface area contributed by atoms with Crippen molar-refractivity contribution in [3.63, 3.8) is 0 Å². The van der Waals surface area contributed by atoms with Crippen LogP contribution < -0.4 is 15.0 Å². The summed E-state index contributed by atoms with van der Waals surface area (Å²) in [5, 5.41) is 6.46. The number of hydrogen-bond donors (Lipinski definition) is 1. The molecule has 1 aromatic heterocycles. The summed E-state index contributed by atoms with van der Waals surface area (Å²) in [5.74, 6) is 1.86. The van der Waals surface area contributed by atoms with Gasteiger partial charge < -0.3 is 19.9 Å². The highest BCUT2D eigenvalue weighted by atomic mass is 32.1. The first-order valence-corrected chi connectivity index (χ1v) is 8.91. The highest BCUT2D eigenvalue weighted by molar-refractivity contribution is 7.09. The van der Waals surface area contributed by atoms with E-state index < -0.39 is 0 Å². The van der Waals surface area contributed by atoms with E-state index in [-0.39, 0.29) is 0 Å². The van der Waals surface area contributed by atoms with Gasteiger partial charge in [-0.25, -0.2) is 4.98 Å². The maximum atomic E-state index is 5.48. The Morgan fingerprint density at radius 1 is 1.29 bits per heavy atom. The van der Waals surface area contributed by atoms with E-state index in [1.165, 1.54) is 0 Å². The zero-order chi connectivity index (χ0) is 16.8. The zero-order valence-corrected chi connectivity index (χ0v) is 14.9. The molecule has 0 atom stereocenters. The fraction of sp³-hybridized carbons (Fsp3) is 0.412. The molecule has 2 aromatic rings. The number of aromatic nitrogens is 1. The summed E-state index contributed by atoms with van der Waals surface area (Å²) < 4.78 is 5.48. The number of piperazine rings is 1. The molecule has 1 aliphatic rings. The standard InChI is InChI=1S/C17H23N5OS/c1-18-17(20-13-16-19-7-12-24-16)22-10-8-21(9-11-22)14-5-3-4-6-15(14)23-2/h3-7,12H,8-11,13H2,1-2H3,(H,18,20). The van der Waals surface area contributed by atoms with Gasteiger partial charge >= 0.3 is 0 Å². The molecule has 3 rings (SSSR count). The molecule has 1 aliphatic heterocycles. The number of para-hydroxylation sites is 2. The van der Waals surface area contributed by atoms with Crippen molar-refractivity contribution in [1.29, 1.82) is 0 Å². The number of methoxy groups -OCH3 is 1. The maximum Gasteiger partial charge on any atom is 0.194 e. The van der Waals surface area contributed by atoms with Crippen molar-refractivity contribution in [2.75, 3.05) is 45.2 Å². The topological polar surface area (TPSA) is 53.0 Å². The number of aliphatic imine (C=N–C) groups is 1. The van der Waals surface area contributed by atoms with Gasteiger partial charge in [0.1, 0.15) is 10.8 Å². The second-order valence-electron chi connectivity index (χ2n) is 5.47. The van der Waals surface area contributed by atoms with Crippen LogP contribution in [0, 0.1) is 0 Å². The molecule has 1 saturated heterocycles. The Balaban J connectivity index is 1.57. The van der Waals surface area contributed by atoms with Crippen molar-refractivity contribution >= 4 is 23.0 Å². The van der Waals surface area contributed by atoms with Crippen LogP contribution in [-0.2, 0) is 6.54 Å². The minimum atomic E-state index is 0.719. The van der Waals surface area contributed by atoms with E-state index in [1.54, 1.807) is 18.4 Å². The molecule has 0 radical (unpaired) electrons. The molecule has 0 spiro atoms. The van der Waals surface area contributed by atoms with Crippen molar-refractivity contribution < 1.29 is 4.74 Å². The molecule has 128 valence electrons. The van der Waals surface area contributed by atoms with E-state index >= 15 is 0 Å². The normalized spacial score (nSPS) is 15.5. The Hall–Kier alpha value is -2.28. The van der Waals surface area contributed by atoms with Crippen molar-refractivity contribution in [2.45, 2.75) is 6.54 Å². The molecule has 0 bridgehead atoms. The first-order chi connectivity index (χ1) is 11.8. The van der Waals surface area contributed by atoms with Crippen LogP contribution >= 0.6 is 11.3 Å². The molecular weight excluding hydrogens is 322 g/mol. The minimum Gasteiger partial charge on any atom is -0.495 e. The van der Waals surface area contributed by atoms with Gasteiger partial charge in [-0.1, -0.05) is 12.1 Å². The summed E-state index contributed by atoms with van der Waals surface area (Å²) in [7, 11) is 3.55. The molecule has 6 nitrogen and oxygen atoms in total. The fourth-order valence-electron chi connectivity index (χ4n) is 2.88. The number of hydrogen-bond acceptors (Lipinski definition) is 5. The van der Waals surface area contributed by atoms with Gasteiger partial charge in [-0.05, 0) is 12.1 Å². The van der Waals surface area contributed by atoms with Crippen LogP contribution in [0.2, 0.25) is 0 Å². The summed E-state index contributed by atoms with van der Waals surface area (Å²) in [4.78, 5) is 13.4. The number of rotatable bonds is 4. The third kappa shape index (κ3) is 3.79. The molecule has 1 N–H and O–H groups in total. The van der Waals surface area contributed by atoms with Gasteiger partial charge in [0.2, 0.25) is 0 Å². The SMILES string of the molecule is CN=C(NCc1nccs1)N1CCN(c2ccccc2OC)CC1. The Labute approximate surface area is 146 Å². The van der Waals surface area contributed by atoms with Crippen LogP contribution in [0.1, 0.15) is 5.01 Å². The molecule has 24 heavy (non-hydrogen) atoms. The van der Waals surface area contributed by atoms with Gasteiger partial charge in [-0.2, -0.15) is 0 Å². The van der Waals surface area contributed by atoms with Crippen molar-refractivity contribution in [3.8, 4) is 5.75 Å². The lowest BCUT2D eigenvalue weighted by molar-refractivity contribution is 0.367. The monoisotopic (exact) mass is 345 g/mol. The fourth-order valence-corrected chi connectivity index (χ4v) is 3.43. The summed E-state index contributed by atoms with van der Waals surface area (Å²) >= 11 is 1.65. The quantitative estimate of drug-likeness (QED) is 0.679. The van der Waals surface area contributed by atoms with Gasteiger partial charge in [0, 0.05) is 44.8 Å². The van der Waals surface area contributed by atoms with Gasteiger partial charge in [0.15, 0.2) is 5.96 Å². The first kappa shape index (κ1) is 16.6. The van der Waals surface area contributed by atoms with Gasteiger partial charge in [0.05, 0.1) is 19.3 Å². The third-order valence-electron chi connectivity index (χ3n) is 4.10. The Morgan fingerprint density at radius 2 is 2.08 bits per heavy atom. The summed E-state index contributed by atoms with van der Waals surface area (Å²) in [6, 6.07) is 8.18. The van der Waals surface area contributed by atoms with E-state index in [2.05, 4.69) is 37.2 Å². The number of anilines is 1. The minimum absolute atomic E-state index is 0.719. The van der Waals surface area contributed by atoms with Gasteiger partial charge in [0.25, 0.3) is 0 Å². The molecule has 0 aliphatic carbocycles. The second-order valence-corrected chi connectivity index (χ2v) is 6.45. The lowest BCUT2D eigenvalue weighted by Gasteiger charge is -2.38. The summed E-state index contributed by atoms with van der Waals surface area (Å²) in [6.07, 6.45) is 1.83. The molecule has 0 saturated carbocycles. The van der Waals surface area contributed by atoms with E-state index in [0.29, 0.717) is 0 Å². The first-order valence-electron chi connectivity index (χ1n) is 8.03. The lowest BCUT2D eigenvalue weighted by Crippen LogP contribution is -2.52. The molecule has 1 aromatic carbocycles. The average Bonchev–Trinajstić information content (AvgIpc) is 3.16. The number of nitrogens with zero attached hydrogens (tertiary/aromatic N) is 4. The van der Waals surface area contributed by atoms with Gasteiger partial charge in [-0.15, -0.1) is 11.3 Å². The smallest absolute Gasteiger partial charge is 0.194 e. The van der Waals surface area contributed by atoms with E-state index in [0.717, 1.165) is 55.1 Å². The molecule has 0 amide bonds. The van der Waals surface area contributed by atoms with Crippen molar-refractivity contribution in [3.05, 3.63) is 40.8 Å². The summed E-state index contributed by atoms with van der Waals surface area (Å²) in [6.45, 7) is 4.46. The Morgan fingerprint density at radius 3 is 2.75 bits per heavy atom. The number of nitrogens with one attached hydrogen (secondary N) is 1. The highest BCUT2D eigenvalue weighted by Gasteiger charge is 2.21. The van der Waals surface area contributed by atoms with Crippen molar-refractivity contribution in [2.24, 2.45) is 4.99 Å². The highest BCUT2D eigenvalue weighted by Crippen LogP contribution is 2.28. The maximum absolute atomic E-state index is 5.48. The molecule has 1 fully saturated rings. The Kier molecular flexibility index (Phi) is 5.53. The third-order valence-corrected chi connectivity index (χ3v) is 4.88. The van der Waals surface area contributed by atoms with Crippen LogP contribution in [0.15, 0.2) is 40.8 Å². The predicted octanol–water partition coefficient (Wildman–Crippen LogP) is 2.05. The van der Waals surface area contributed by atoms with Crippen LogP contribution in [0.25, 0.3) is 0 Å². The van der Waals surface area contributed by atoms with E-state index in [1.807, 2.05) is 30.8 Å². The van der Waals surface area contributed by atoms with Crippen LogP contribution in [0.4, 0.5) is 5.69 Å². The lowest BCUT2D eigenvalue weighted by atomic mass is 10.2. The molecule has 7 heteroatoms. The van der Waals surface area contributed by atoms with Crippen molar-refractivity contribution in [1.82, 2.24) is 15.2 Å². The number of ether oxygens (including phenoxy) is 1. The van der Waals surface area contributed by atoms with E-state index in [4.69, 9.17) is 4.74 Å². The number of benzene rings is 1. The second kappa shape index (κ2) is 8.01. The Bertz CT molecular complexity index is 665. The number of thiazole rings is 1. The van der Waals surface area contributed by atoms with Crippen LogP contribution in [0.3, 0.4) is 0 Å². The molecule has 2 heterocycles.